The van der Waals surface area contributed by atoms with Crippen LogP contribution in [0.3, 0.4) is 0 Å². The predicted octanol–water partition coefficient (Wildman–Crippen LogP) is 6.16. The Morgan fingerprint density at radius 3 is 2.82 bits per heavy atom. The van der Waals surface area contributed by atoms with E-state index < -0.39 is 0 Å². The summed E-state index contributed by atoms with van der Waals surface area (Å²) in [6, 6.07) is 14.3. The van der Waals surface area contributed by atoms with Gasteiger partial charge in [-0.15, -0.1) is 11.3 Å². The Balaban J connectivity index is 1.30. The molecule has 0 atom stereocenters. The zero-order valence-electron chi connectivity index (χ0n) is 19.4. The van der Waals surface area contributed by atoms with Gasteiger partial charge in [0.25, 0.3) is 0 Å². The van der Waals surface area contributed by atoms with E-state index in [9.17, 15) is 0 Å². The van der Waals surface area contributed by atoms with Gasteiger partial charge in [0, 0.05) is 65.1 Å². The first-order valence-corrected chi connectivity index (χ1v) is 13.1. The van der Waals surface area contributed by atoms with Crippen molar-refractivity contribution in [1.29, 1.82) is 0 Å². The largest absolute Gasteiger partial charge is 0.384 e. The predicted molar refractivity (Wildman–Crippen MR) is 143 cm³/mol. The fourth-order valence-electron chi connectivity index (χ4n) is 4.40. The molecule has 176 valence electrons. The summed E-state index contributed by atoms with van der Waals surface area (Å²) in [6.07, 6.45) is 5.25. The molecule has 0 bridgehead atoms. The van der Waals surface area contributed by atoms with Crippen molar-refractivity contribution in [3.63, 3.8) is 0 Å². The Morgan fingerprint density at radius 2 is 2.00 bits per heavy atom. The maximum absolute atomic E-state index is 6.13. The van der Waals surface area contributed by atoms with E-state index in [4.69, 9.17) is 21.6 Å². The van der Waals surface area contributed by atoms with E-state index in [-0.39, 0.29) is 0 Å². The van der Waals surface area contributed by atoms with Crippen molar-refractivity contribution in [3.05, 3.63) is 69.6 Å². The van der Waals surface area contributed by atoms with Gasteiger partial charge in [-0.25, -0.2) is 4.98 Å². The summed E-state index contributed by atoms with van der Waals surface area (Å²) in [7, 11) is 0. The summed E-state index contributed by atoms with van der Waals surface area (Å²) in [6.45, 7) is 6.75. The van der Waals surface area contributed by atoms with Gasteiger partial charge in [-0.2, -0.15) is 4.98 Å². The van der Waals surface area contributed by atoms with E-state index in [1.807, 2.05) is 30.5 Å². The lowest BCUT2D eigenvalue weighted by atomic mass is 10.2. The Labute approximate surface area is 209 Å². The molecular formula is C26H29ClN6S. The summed E-state index contributed by atoms with van der Waals surface area (Å²) in [5.74, 6) is 1.87. The summed E-state index contributed by atoms with van der Waals surface area (Å²) in [4.78, 5) is 20.3. The molecule has 0 saturated carbocycles. The highest BCUT2D eigenvalue weighted by molar-refractivity contribution is 7.09. The van der Waals surface area contributed by atoms with Crippen molar-refractivity contribution in [2.45, 2.75) is 32.7 Å². The molecule has 1 aliphatic heterocycles. The third-order valence-corrected chi connectivity index (χ3v) is 7.19. The van der Waals surface area contributed by atoms with Crippen LogP contribution in [0.2, 0.25) is 5.02 Å². The van der Waals surface area contributed by atoms with Gasteiger partial charge in [-0.3, -0.25) is 4.98 Å². The smallest absolute Gasteiger partial charge is 0.227 e. The number of nitrogens with one attached hydrogen (secondary N) is 1. The van der Waals surface area contributed by atoms with E-state index in [1.54, 1.807) is 11.3 Å². The first kappa shape index (κ1) is 22.9. The quantitative estimate of drug-likeness (QED) is 0.282. The zero-order chi connectivity index (χ0) is 23.3. The Morgan fingerprint density at radius 1 is 1.12 bits per heavy atom. The van der Waals surface area contributed by atoms with Crippen LogP contribution >= 0.6 is 22.9 Å². The maximum Gasteiger partial charge on any atom is 0.227 e. The zero-order valence-corrected chi connectivity index (χ0v) is 20.9. The molecular weight excluding hydrogens is 464 g/mol. The van der Waals surface area contributed by atoms with Gasteiger partial charge < -0.3 is 15.1 Å². The van der Waals surface area contributed by atoms with Gasteiger partial charge in [0.2, 0.25) is 5.95 Å². The first-order chi connectivity index (χ1) is 16.7. The highest BCUT2D eigenvalue weighted by Gasteiger charge is 2.18. The van der Waals surface area contributed by atoms with Crippen molar-refractivity contribution in [1.82, 2.24) is 15.0 Å². The molecule has 34 heavy (non-hydrogen) atoms. The number of hydrogen-bond donors (Lipinski definition) is 1. The van der Waals surface area contributed by atoms with Crippen LogP contribution in [0.1, 0.15) is 29.8 Å². The SMILES string of the molecule is Cc1cc(N2CCCC2)nc(N(CCCNc2ccnc3cc(Cl)ccc23)Cc2cccs2)n1. The molecule has 5 rings (SSSR count). The molecule has 1 N–H and O–H groups in total. The minimum Gasteiger partial charge on any atom is -0.384 e. The summed E-state index contributed by atoms with van der Waals surface area (Å²) in [5.41, 5.74) is 3.00. The number of aryl methyl sites for hydroxylation is 1. The fourth-order valence-corrected chi connectivity index (χ4v) is 5.28. The van der Waals surface area contributed by atoms with Crippen LogP contribution < -0.4 is 15.1 Å². The average Bonchev–Trinajstić information content (AvgIpc) is 3.55. The number of thiophene rings is 1. The van der Waals surface area contributed by atoms with E-state index in [2.05, 4.69) is 50.6 Å². The molecule has 3 aromatic heterocycles. The van der Waals surface area contributed by atoms with Crippen LogP contribution in [0, 0.1) is 6.92 Å². The van der Waals surface area contributed by atoms with Crippen LogP contribution in [-0.2, 0) is 6.54 Å². The second kappa shape index (κ2) is 10.6. The van der Waals surface area contributed by atoms with E-state index in [0.29, 0.717) is 5.02 Å². The number of fused-ring (bicyclic) bond motifs is 1. The molecule has 1 aromatic carbocycles. The fraction of sp³-hybridized carbons (Fsp3) is 0.346. The molecule has 0 amide bonds. The normalized spacial score (nSPS) is 13.5. The molecule has 0 aliphatic carbocycles. The van der Waals surface area contributed by atoms with Gasteiger partial charge in [0.15, 0.2) is 0 Å². The molecule has 1 aliphatic rings. The summed E-state index contributed by atoms with van der Waals surface area (Å²) < 4.78 is 0. The van der Waals surface area contributed by atoms with E-state index in [0.717, 1.165) is 73.2 Å². The monoisotopic (exact) mass is 492 g/mol. The number of benzene rings is 1. The average molecular weight is 493 g/mol. The molecule has 0 unspecified atom stereocenters. The van der Waals surface area contributed by atoms with Gasteiger partial charge in [0.1, 0.15) is 5.82 Å². The molecule has 4 aromatic rings. The van der Waals surface area contributed by atoms with Crippen molar-refractivity contribution in [2.24, 2.45) is 0 Å². The van der Waals surface area contributed by atoms with Crippen LogP contribution in [0.15, 0.2) is 54.0 Å². The molecule has 8 heteroatoms. The Bertz CT molecular complexity index is 1240. The van der Waals surface area contributed by atoms with Gasteiger partial charge >= 0.3 is 0 Å². The van der Waals surface area contributed by atoms with Crippen LogP contribution in [0.4, 0.5) is 17.5 Å². The lowest BCUT2D eigenvalue weighted by Gasteiger charge is -2.25. The van der Waals surface area contributed by atoms with Gasteiger partial charge in [0.05, 0.1) is 12.1 Å². The second-order valence-corrected chi connectivity index (χ2v) is 10.1. The summed E-state index contributed by atoms with van der Waals surface area (Å²) in [5, 5.41) is 7.50. The maximum atomic E-state index is 6.13. The Kier molecular flexibility index (Phi) is 7.11. The highest BCUT2D eigenvalue weighted by Crippen LogP contribution is 2.25. The lowest BCUT2D eigenvalue weighted by Crippen LogP contribution is -2.28. The number of nitrogens with zero attached hydrogens (tertiary/aromatic N) is 5. The standard InChI is InChI=1S/C26H29ClN6S/c1-19-16-25(32-12-2-3-13-32)31-26(30-19)33(18-21-6-4-15-34-21)14-5-10-28-23-9-11-29-24-17-20(27)7-8-22(23)24/h4,6-9,11,15-17H,2-3,5,10,12-14,18H2,1H3,(H,28,29). The lowest BCUT2D eigenvalue weighted by molar-refractivity contribution is 0.724. The van der Waals surface area contributed by atoms with Crippen LogP contribution in [0.25, 0.3) is 10.9 Å². The number of halogens is 1. The molecule has 0 radical (unpaired) electrons. The second-order valence-electron chi connectivity index (χ2n) is 8.66. The van der Waals surface area contributed by atoms with Crippen molar-refractivity contribution in [3.8, 4) is 0 Å². The number of rotatable bonds is 9. The van der Waals surface area contributed by atoms with Crippen molar-refractivity contribution < 1.29 is 0 Å². The number of hydrogen-bond acceptors (Lipinski definition) is 7. The number of anilines is 3. The van der Waals surface area contributed by atoms with Crippen LogP contribution in [0.5, 0.6) is 0 Å². The molecule has 1 saturated heterocycles. The topological polar surface area (TPSA) is 57.2 Å². The third kappa shape index (κ3) is 5.42. The summed E-state index contributed by atoms with van der Waals surface area (Å²) >= 11 is 7.91. The number of pyridine rings is 1. The van der Waals surface area contributed by atoms with Gasteiger partial charge in [-0.1, -0.05) is 17.7 Å². The van der Waals surface area contributed by atoms with E-state index >= 15 is 0 Å². The van der Waals surface area contributed by atoms with Crippen molar-refractivity contribution >= 4 is 51.3 Å². The Hall–Kier alpha value is -2.90. The van der Waals surface area contributed by atoms with E-state index in [1.165, 1.54) is 17.7 Å². The van der Waals surface area contributed by atoms with Gasteiger partial charge in [-0.05, 0) is 61.9 Å². The molecule has 0 spiro atoms. The minimum absolute atomic E-state index is 0.702. The highest BCUT2D eigenvalue weighted by atomic mass is 35.5. The molecule has 4 heterocycles. The first-order valence-electron chi connectivity index (χ1n) is 11.8. The van der Waals surface area contributed by atoms with Crippen LogP contribution in [-0.4, -0.2) is 41.1 Å². The minimum atomic E-state index is 0.702. The molecule has 1 fully saturated rings. The van der Waals surface area contributed by atoms with Crippen molar-refractivity contribution in [2.75, 3.05) is 41.3 Å². The number of aromatic nitrogens is 3. The molecule has 6 nitrogen and oxygen atoms in total. The third-order valence-electron chi connectivity index (χ3n) is 6.09.